The van der Waals surface area contributed by atoms with E-state index in [1.807, 2.05) is 19.1 Å². The predicted octanol–water partition coefficient (Wildman–Crippen LogP) is 6.50. The summed E-state index contributed by atoms with van der Waals surface area (Å²) in [6, 6.07) is 29.6. The molecule has 1 unspecified atom stereocenters. The van der Waals surface area contributed by atoms with Gasteiger partial charge in [-0.3, -0.25) is 9.69 Å². The van der Waals surface area contributed by atoms with Crippen molar-refractivity contribution in [2.45, 2.75) is 47.9 Å². The maximum absolute atomic E-state index is 13.4. The van der Waals surface area contributed by atoms with Crippen LogP contribution in [0.3, 0.4) is 0 Å². The maximum atomic E-state index is 13.4. The third kappa shape index (κ3) is 4.77. The first-order valence-corrected chi connectivity index (χ1v) is 12.2. The second-order valence-corrected chi connectivity index (χ2v) is 9.45. The molecule has 1 heterocycles. The molecule has 0 aromatic heterocycles. The summed E-state index contributed by atoms with van der Waals surface area (Å²) in [4.78, 5) is 18.2. The van der Waals surface area contributed by atoms with Crippen molar-refractivity contribution >= 4 is 17.7 Å². The van der Waals surface area contributed by atoms with E-state index >= 15 is 0 Å². The Bertz CT molecular complexity index is 1010. The molecule has 0 N–H and O–H groups in total. The van der Waals surface area contributed by atoms with Crippen molar-refractivity contribution in [1.82, 2.24) is 4.90 Å². The third-order valence-electron chi connectivity index (χ3n) is 6.52. The largest absolute Gasteiger partial charge is 0.465 e. The fraction of sp³-hybridized carbons (Fsp3) is 0.321. The summed E-state index contributed by atoms with van der Waals surface area (Å²) in [6.45, 7) is 6.27. The van der Waals surface area contributed by atoms with Crippen LogP contribution in [0.1, 0.15) is 43.9 Å². The number of benzene rings is 3. The summed E-state index contributed by atoms with van der Waals surface area (Å²) in [5.41, 5.74) is 1.80. The van der Waals surface area contributed by atoms with Crippen LogP contribution in [-0.2, 0) is 14.9 Å². The molecule has 3 aromatic carbocycles. The molecule has 0 saturated carbocycles. The van der Waals surface area contributed by atoms with Crippen LogP contribution in [-0.4, -0.2) is 30.6 Å². The minimum absolute atomic E-state index is 0.0897. The molecule has 1 saturated heterocycles. The number of piperidine rings is 1. The van der Waals surface area contributed by atoms with Crippen LogP contribution in [0.4, 0.5) is 0 Å². The topological polar surface area (TPSA) is 29.5 Å². The second-order valence-electron chi connectivity index (χ2n) is 8.34. The van der Waals surface area contributed by atoms with Crippen molar-refractivity contribution in [2.24, 2.45) is 0 Å². The first kappa shape index (κ1) is 22.6. The number of hydrogen-bond donors (Lipinski definition) is 0. The molecule has 1 aliphatic rings. The lowest BCUT2D eigenvalue weighted by Gasteiger charge is -2.43. The highest BCUT2D eigenvalue weighted by atomic mass is 32.2. The van der Waals surface area contributed by atoms with Gasteiger partial charge in [-0.1, -0.05) is 78.5 Å². The molecule has 166 valence electrons. The zero-order valence-electron chi connectivity index (χ0n) is 18.9. The van der Waals surface area contributed by atoms with E-state index in [0.717, 1.165) is 36.4 Å². The van der Waals surface area contributed by atoms with Crippen molar-refractivity contribution in [1.29, 1.82) is 0 Å². The molecule has 0 radical (unpaired) electrons. The van der Waals surface area contributed by atoms with E-state index in [1.165, 1.54) is 10.5 Å². The summed E-state index contributed by atoms with van der Waals surface area (Å²) in [7, 11) is 0. The average Bonchev–Trinajstić information content (AvgIpc) is 2.85. The molecular weight excluding hydrogens is 414 g/mol. The molecule has 0 spiro atoms. The number of rotatable bonds is 7. The minimum atomic E-state index is -0.610. The van der Waals surface area contributed by atoms with Crippen LogP contribution in [0.5, 0.6) is 0 Å². The average molecular weight is 446 g/mol. The van der Waals surface area contributed by atoms with Gasteiger partial charge in [0.05, 0.1) is 12.0 Å². The highest BCUT2D eigenvalue weighted by Gasteiger charge is 2.46. The van der Waals surface area contributed by atoms with E-state index < -0.39 is 5.41 Å². The van der Waals surface area contributed by atoms with Crippen LogP contribution in [0.15, 0.2) is 94.7 Å². The molecule has 3 nitrogen and oxygen atoms in total. The SMILES string of the molecule is CCOC(=O)C1(c2ccccc2Sc2ccccc2)CCN(C(C)c2ccccc2)CC1. The molecule has 1 fully saturated rings. The fourth-order valence-corrected chi connectivity index (χ4v) is 5.72. The molecule has 3 aromatic rings. The fourth-order valence-electron chi connectivity index (χ4n) is 4.65. The number of esters is 1. The van der Waals surface area contributed by atoms with E-state index in [0.29, 0.717) is 12.6 Å². The van der Waals surface area contributed by atoms with Crippen LogP contribution < -0.4 is 0 Å². The van der Waals surface area contributed by atoms with Gasteiger partial charge in [0.2, 0.25) is 0 Å². The predicted molar refractivity (Wildman–Crippen MR) is 131 cm³/mol. The van der Waals surface area contributed by atoms with Gasteiger partial charge in [-0.25, -0.2) is 0 Å². The first-order chi connectivity index (χ1) is 15.6. The molecule has 1 aliphatic heterocycles. The van der Waals surface area contributed by atoms with Crippen LogP contribution in [0.2, 0.25) is 0 Å². The van der Waals surface area contributed by atoms with Crippen molar-refractivity contribution in [3.8, 4) is 0 Å². The van der Waals surface area contributed by atoms with Crippen molar-refractivity contribution < 1.29 is 9.53 Å². The van der Waals surface area contributed by atoms with Crippen molar-refractivity contribution in [3.63, 3.8) is 0 Å². The van der Waals surface area contributed by atoms with E-state index in [1.54, 1.807) is 11.8 Å². The Morgan fingerprint density at radius 2 is 1.53 bits per heavy atom. The zero-order chi connectivity index (χ0) is 22.4. The Kier molecular flexibility index (Phi) is 7.33. The normalized spacial score (nSPS) is 16.9. The summed E-state index contributed by atoms with van der Waals surface area (Å²) in [6.07, 6.45) is 1.52. The summed E-state index contributed by atoms with van der Waals surface area (Å²) >= 11 is 1.72. The maximum Gasteiger partial charge on any atom is 0.316 e. The molecule has 4 rings (SSSR count). The van der Waals surface area contributed by atoms with Crippen LogP contribution >= 0.6 is 11.8 Å². The Hall–Kier alpha value is -2.56. The van der Waals surface area contributed by atoms with Gasteiger partial charge in [0.25, 0.3) is 0 Å². The van der Waals surface area contributed by atoms with Gasteiger partial charge in [-0.2, -0.15) is 0 Å². The van der Waals surface area contributed by atoms with E-state index in [2.05, 4.69) is 84.6 Å². The summed E-state index contributed by atoms with van der Waals surface area (Å²) in [5.74, 6) is -0.0897. The Morgan fingerprint density at radius 3 is 2.19 bits per heavy atom. The number of likely N-dealkylation sites (tertiary alicyclic amines) is 1. The Balaban J connectivity index is 1.63. The molecule has 1 atom stereocenters. The Labute approximate surface area is 195 Å². The van der Waals surface area contributed by atoms with Gasteiger partial charge < -0.3 is 4.74 Å². The number of carbonyl (C=O) groups excluding carboxylic acids is 1. The molecule has 0 bridgehead atoms. The molecule has 32 heavy (non-hydrogen) atoms. The third-order valence-corrected chi connectivity index (χ3v) is 7.60. The van der Waals surface area contributed by atoms with Crippen LogP contribution in [0.25, 0.3) is 0 Å². The van der Waals surface area contributed by atoms with E-state index in [4.69, 9.17) is 4.74 Å². The molecule has 4 heteroatoms. The lowest BCUT2D eigenvalue weighted by Crippen LogP contribution is -2.48. The highest BCUT2D eigenvalue weighted by Crippen LogP contribution is 2.44. The van der Waals surface area contributed by atoms with Gasteiger partial charge in [0, 0.05) is 28.9 Å². The highest BCUT2D eigenvalue weighted by molar-refractivity contribution is 7.99. The smallest absolute Gasteiger partial charge is 0.316 e. The lowest BCUT2D eigenvalue weighted by molar-refractivity contribution is -0.152. The van der Waals surface area contributed by atoms with E-state index in [-0.39, 0.29) is 5.97 Å². The van der Waals surface area contributed by atoms with Crippen molar-refractivity contribution in [2.75, 3.05) is 19.7 Å². The number of hydrogen-bond acceptors (Lipinski definition) is 4. The Morgan fingerprint density at radius 1 is 0.938 bits per heavy atom. The van der Waals surface area contributed by atoms with Gasteiger partial charge in [0.15, 0.2) is 0 Å². The quantitative estimate of drug-likeness (QED) is 0.389. The molecule has 0 aliphatic carbocycles. The molecule has 0 amide bonds. The van der Waals surface area contributed by atoms with Gasteiger partial charge in [-0.15, -0.1) is 0 Å². The zero-order valence-corrected chi connectivity index (χ0v) is 19.7. The second kappa shape index (κ2) is 10.4. The first-order valence-electron chi connectivity index (χ1n) is 11.4. The standard InChI is InChI=1S/C28H31NO2S/c1-3-31-27(30)28(18-20-29(21-19-28)22(2)23-12-6-4-7-13-23)25-16-10-11-17-26(25)32-24-14-8-5-9-15-24/h4-17,22H,3,18-21H2,1-2H3. The number of nitrogens with zero attached hydrogens (tertiary/aromatic N) is 1. The number of carbonyl (C=O) groups is 1. The van der Waals surface area contributed by atoms with Gasteiger partial charge in [0.1, 0.15) is 0 Å². The van der Waals surface area contributed by atoms with Crippen molar-refractivity contribution in [3.05, 3.63) is 96.1 Å². The minimum Gasteiger partial charge on any atom is -0.465 e. The lowest BCUT2D eigenvalue weighted by atomic mass is 9.72. The number of ether oxygens (including phenoxy) is 1. The molecular formula is C28H31NO2S. The van der Waals surface area contributed by atoms with Gasteiger partial charge >= 0.3 is 5.97 Å². The summed E-state index contributed by atoms with van der Waals surface area (Å²) < 4.78 is 5.66. The van der Waals surface area contributed by atoms with E-state index in [9.17, 15) is 4.79 Å². The monoisotopic (exact) mass is 445 g/mol. The van der Waals surface area contributed by atoms with Gasteiger partial charge in [-0.05, 0) is 56.0 Å². The summed E-state index contributed by atoms with van der Waals surface area (Å²) in [5, 5.41) is 0. The van der Waals surface area contributed by atoms with Crippen LogP contribution in [0, 0.1) is 0 Å².